The summed E-state index contributed by atoms with van der Waals surface area (Å²) in [7, 11) is 2.89. The lowest BCUT2D eigenvalue weighted by Crippen LogP contribution is -2.65. The smallest absolute Gasteiger partial charge is 0.217 e. The quantitative estimate of drug-likeness (QED) is 0.545. The number of hydrogen-bond acceptors (Lipinski definition) is 6. The molecule has 0 radical (unpaired) electrons. The van der Waals surface area contributed by atoms with Crippen LogP contribution in [0.3, 0.4) is 0 Å². The first-order valence-corrected chi connectivity index (χ1v) is 5.32. The SMILES string of the molecule is CO[C@@H]1[C@@H](NC(C)=O)[C@@H](O)O[C@H](CO)[C@H]1OC. The summed E-state index contributed by atoms with van der Waals surface area (Å²) >= 11 is 0. The van der Waals surface area contributed by atoms with E-state index >= 15 is 0 Å². The Balaban J connectivity index is 2.86. The average molecular weight is 249 g/mol. The predicted molar refractivity (Wildman–Crippen MR) is 57.2 cm³/mol. The first-order valence-electron chi connectivity index (χ1n) is 5.32. The van der Waals surface area contributed by atoms with Crippen LogP contribution < -0.4 is 5.32 Å². The van der Waals surface area contributed by atoms with Crippen molar-refractivity contribution in [3.8, 4) is 0 Å². The van der Waals surface area contributed by atoms with E-state index in [0.717, 1.165) is 0 Å². The summed E-state index contributed by atoms with van der Waals surface area (Å²) in [6.45, 7) is 1.03. The van der Waals surface area contributed by atoms with E-state index in [1.165, 1.54) is 21.1 Å². The molecule has 3 N–H and O–H groups in total. The molecule has 100 valence electrons. The van der Waals surface area contributed by atoms with Gasteiger partial charge in [0.05, 0.1) is 6.61 Å². The minimum Gasteiger partial charge on any atom is -0.394 e. The summed E-state index contributed by atoms with van der Waals surface area (Å²) in [6.07, 6.45) is -3.09. The lowest BCUT2D eigenvalue weighted by atomic mass is 9.96. The molecule has 1 heterocycles. The maximum Gasteiger partial charge on any atom is 0.217 e. The standard InChI is InChI=1S/C10H19NO6/c1-5(13)11-7-9(16-3)8(15-2)6(4-12)17-10(7)14/h6-10,12,14H,4H2,1-3H3,(H,11,13)/t6-,7-,8-,9-,10+/m1/s1. The van der Waals surface area contributed by atoms with Crippen molar-refractivity contribution in [1.29, 1.82) is 0 Å². The van der Waals surface area contributed by atoms with Gasteiger partial charge in [-0.2, -0.15) is 0 Å². The van der Waals surface area contributed by atoms with Crippen molar-refractivity contribution in [2.24, 2.45) is 0 Å². The molecule has 0 aromatic rings. The Hall–Kier alpha value is -0.730. The molecule has 0 spiro atoms. The Morgan fingerprint density at radius 3 is 2.35 bits per heavy atom. The second-order valence-electron chi connectivity index (χ2n) is 3.87. The lowest BCUT2D eigenvalue weighted by molar-refractivity contribution is -0.263. The van der Waals surface area contributed by atoms with Crippen molar-refractivity contribution in [2.45, 2.75) is 37.6 Å². The van der Waals surface area contributed by atoms with Gasteiger partial charge in [0.2, 0.25) is 5.91 Å². The molecule has 0 aromatic heterocycles. The predicted octanol–water partition coefficient (Wildman–Crippen LogP) is -1.77. The normalized spacial score (nSPS) is 37.8. The molecular weight excluding hydrogens is 230 g/mol. The van der Waals surface area contributed by atoms with Crippen LogP contribution in [0.5, 0.6) is 0 Å². The van der Waals surface area contributed by atoms with Gasteiger partial charge in [-0.25, -0.2) is 0 Å². The summed E-state index contributed by atoms with van der Waals surface area (Å²) in [5.74, 6) is -0.308. The third-order valence-electron chi connectivity index (χ3n) is 2.76. The van der Waals surface area contributed by atoms with E-state index in [4.69, 9.17) is 19.3 Å². The van der Waals surface area contributed by atoms with Crippen molar-refractivity contribution in [3.05, 3.63) is 0 Å². The Morgan fingerprint density at radius 1 is 1.35 bits per heavy atom. The van der Waals surface area contributed by atoms with Crippen LogP contribution in [0.2, 0.25) is 0 Å². The van der Waals surface area contributed by atoms with Gasteiger partial charge < -0.3 is 29.7 Å². The number of rotatable bonds is 4. The topological polar surface area (TPSA) is 97.3 Å². The van der Waals surface area contributed by atoms with Crippen LogP contribution in [0.15, 0.2) is 0 Å². The highest BCUT2D eigenvalue weighted by atomic mass is 16.6. The number of aliphatic hydroxyl groups is 2. The van der Waals surface area contributed by atoms with Crippen molar-refractivity contribution < 1.29 is 29.2 Å². The first kappa shape index (κ1) is 14.3. The Labute approximate surface area is 99.7 Å². The molecule has 7 heteroatoms. The molecule has 1 saturated heterocycles. The van der Waals surface area contributed by atoms with Gasteiger partial charge in [0.1, 0.15) is 24.4 Å². The van der Waals surface area contributed by atoms with Crippen LogP contribution >= 0.6 is 0 Å². The van der Waals surface area contributed by atoms with Gasteiger partial charge in [0, 0.05) is 21.1 Å². The molecule has 17 heavy (non-hydrogen) atoms. The summed E-state index contributed by atoms with van der Waals surface area (Å²) in [5, 5.41) is 21.4. The molecule has 0 aliphatic carbocycles. The number of ether oxygens (including phenoxy) is 3. The third-order valence-corrected chi connectivity index (χ3v) is 2.76. The Kier molecular flexibility index (Phi) is 5.29. The van der Waals surface area contributed by atoms with Crippen LogP contribution in [-0.2, 0) is 19.0 Å². The van der Waals surface area contributed by atoms with Crippen molar-refractivity contribution in [3.63, 3.8) is 0 Å². The molecule has 0 bridgehead atoms. The van der Waals surface area contributed by atoms with Crippen LogP contribution in [0.25, 0.3) is 0 Å². The highest BCUT2D eigenvalue weighted by molar-refractivity contribution is 5.73. The van der Waals surface area contributed by atoms with Crippen LogP contribution in [0.4, 0.5) is 0 Å². The monoisotopic (exact) mass is 249 g/mol. The number of hydrogen-bond donors (Lipinski definition) is 3. The van der Waals surface area contributed by atoms with E-state index in [-0.39, 0.29) is 12.5 Å². The zero-order chi connectivity index (χ0) is 13.0. The van der Waals surface area contributed by atoms with E-state index in [9.17, 15) is 9.90 Å². The van der Waals surface area contributed by atoms with Crippen LogP contribution in [0.1, 0.15) is 6.92 Å². The summed E-state index contributed by atoms with van der Waals surface area (Å²) < 4.78 is 15.6. The minimum atomic E-state index is -1.24. The van der Waals surface area contributed by atoms with E-state index in [1.54, 1.807) is 0 Å². The van der Waals surface area contributed by atoms with Crippen molar-refractivity contribution >= 4 is 5.91 Å². The molecule has 1 aliphatic heterocycles. The minimum absolute atomic E-state index is 0.303. The number of amides is 1. The maximum atomic E-state index is 11.0. The lowest BCUT2D eigenvalue weighted by Gasteiger charge is -2.43. The highest BCUT2D eigenvalue weighted by Crippen LogP contribution is 2.23. The molecule has 7 nitrogen and oxygen atoms in total. The summed E-state index contributed by atoms with van der Waals surface area (Å²) in [5.41, 5.74) is 0. The zero-order valence-corrected chi connectivity index (χ0v) is 10.1. The van der Waals surface area contributed by atoms with E-state index in [2.05, 4.69) is 5.32 Å². The van der Waals surface area contributed by atoms with Crippen LogP contribution in [0, 0.1) is 0 Å². The fourth-order valence-electron chi connectivity index (χ4n) is 2.02. The second-order valence-corrected chi connectivity index (χ2v) is 3.87. The van der Waals surface area contributed by atoms with Gasteiger partial charge in [-0.05, 0) is 0 Å². The maximum absolute atomic E-state index is 11.0. The van der Waals surface area contributed by atoms with E-state index in [1.807, 2.05) is 0 Å². The number of carbonyl (C=O) groups is 1. The highest BCUT2D eigenvalue weighted by Gasteiger charge is 2.46. The Bertz CT molecular complexity index is 261. The molecular formula is C10H19NO6. The molecule has 5 atom stereocenters. The molecule has 1 rings (SSSR count). The zero-order valence-electron chi connectivity index (χ0n) is 10.1. The molecule has 1 aliphatic rings. The van der Waals surface area contributed by atoms with Gasteiger partial charge in [-0.3, -0.25) is 4.79 Å². The molecule has 0 saturated carbocycles. The van der Waals surface area contributed by atoms with Gasteiger partial charge in [0.15, 0.2) is 6.29 Å². The molecule has 1 fully saturated rings. The number of carbonyl (C=O) groups excluding carboxylic acids is 1. The van der Waals surface area contributed by atoms with E-state index < -0.39 is 30.6 Å². The average Bonchev–Trinajstić information content (AvgIpc) is 2.30. The number of nitrogens with one attached hydrogen (secondary N) is 1. The van der Waals surface area contributed by atoms with Crippen molar-refractivity contribution in [2.75, 3.05) is 20.8 Å². The largest absolute Gasteiger partial charge is 0.394 e. The first-order chi connectivity index (χ1) is 8.04. The number of methoxy groups -OCH3 is 2. The molecule has 0 unspecified atom stereocenters. The van der Waals surface area contributed by atoms with Gasteiger partial charge in [-0.15, -0.1) is 0 Å². The fourth-order valence-corrected chi connectivity index (χ4v) is 2.02. The van der Waals surface area contributed by atoms with Gasteiger partial charge in [0.25, 0.3) is 0 Å². The van der Waals surface area contributed by atoms with Crippen LogP contribution in [-0.4, -0.2) is 67.6 Å². The Morgan fingerprint density at radius 2 is 1.94 bits per heavy atom. The molecule has 0 aromatic carbocycles. The summed E-state index contributed by atoms with van der Waals surface area (Å²) in [4.78, 5) is 11.0. The summed E-state index contributed by atoms with van der Waals surface area (Å²) in [6, 6.07) is -0.731. The van der Waals surface area contributed by atoms with Crippen molar-refractivity contribution in [1.82, 2.24) is 5.32 Å². The fraction of sp³-hybridized carbons (Fsp3) is 0.900. The third kappa shape index (κ3) is 3.14. The molecule has 1 amide bonds. The van der Waals surface area contributed by atoms with E-state index in [0.29, 0.717) is 0 Å². The van der Waals surface area contributed by atoms with Gasteiger partial charge >= 0.3 is 0 Å². The second kappa shape index (κ2) is 6.27. The van der Waals surface area contributed by atoms with Gasteiger partial charge in [-0.1, -0.05) is 0 Å². The number of aliphatic hydroxyl groups excluding tert-OH is 2.